The van der Waals surface area contributed by atoms with Gasteiger partial charge in [0.2, 0.25) is 0 Å². The van der Waals surface area contributed by atoms with Gasteiger partial charge in [-0.15, -0.1) is 0 Å². The molecule has 0 aliphatic carbocycles. The second-order valence-corrected chi connectivity index (χ2v) is 6.32. The van der Waals surface area contributed by atoms with Gasteiger partial charge in [-0.3, -0.25) is 14.3 Å². The molecule has 1 unspecified atom stereocenters. The van der Waals surface area contributed by atoms with Crippen LogP contribution in [0.5, 0.6) is 0 Å². The molecule has 1 rings (SSSR count). The highest BCUT2D eigenvalue weighted by Gasteiger charge is 2.21. The fraction of sp³-hybridized carbons (Fsp3) is 0.714. The first-order chi connectivity index (χ1) is 9.18. The van der Waals surface area contributed by atoms with E-state index in [1.165, 1.54) is 4.57 Å². The van der Waals surface area contributed by atoms with E-state index in [4.69, 9.17) is 5.73 Å². The number of nitrogens with one attached hydrogen (secondary N) is 2. The van der Waals surface area contributed by atoms with Crippen LogP contribution in [-0.4, -0.2) is 16.1 Å². The van der Waals surface area contributed by atoms with Crippen molar-refractivity contribution in [2.24, 2.45) is 11.3 Å². The van der Waals surface area contributed by atoms with Crippen molar-refractivity contribution in [3.05, 3.63) is 20.8 Å². The monoisotopic (exact) mass is 282 g/mol. The molecular weight excluding hydrogens is 256 g/mol. The van der Waals surface area contributed by atoms with Crippen LogP contribution in [0.4, 0.5) is 11.5 Å². The van der Waals surface area contributed by atoms with Crippen molar-refractivity contribution < 1.29 is 0 Å². The van der Waals surface area contributed by atoms with Crippen LogP contribution >= 0.6 is 0 Å². The first kappa shape index (κ1) is 16.3. The van der Waals surface area contributed by atoms with E-state index < -0.39 is 11.2 Å². The lowest BCUT2D eigenvalue weighted by Gasteiger charge is -2.27. The first-order valence-corrected chi connectivity index (χ1v) is 7.05. The molecule has 0 saturated carbocycles. The van der Waals surface area contributed by atoms with Crippen molar-refractivity contribution in [2.75, 3.05) is 17.6 Å². The molecule has 0 aromatic carbocycles. The maximum Gasteiger partial charge on any atom is 0.330 e. The highest BCUT2D eigenvalue weighted by atomic mass is 16.2. The molecule has 0 saturated heterocycles. The Morgan fingerprint density at radius 2 is 1.95 bits per heavy atom. The zero-order chi connectivity index (χ0) is 15.5. The molecule has 1 aromatic rings. The Balaban J connectivity index is 3.04. The molecule has 0 radical (unpaired) electrons. The molecule has 0 aliphatic heterocycles. The van der Waals surface area contributed by atoms with Crippen LogP contribution in [0.1, 0.15) is 41.0 Å². The number of hydrogen-bond donors (Lipinski definition) is 3. The lowest BCUT2D eigenvalue weighted by molar-refractivity contribution is 0.274. The van der Waals surface area contributed by atoms with Crippen LogP contribution in [-0.2, 0) is 6.54 Å². The lowest BCUT2D eigenvalue weighted by atomic mass is 9.82. The smallest absolute Gasteiger partial charge is 0.330 e. The van der Waals surface area contributed by atoms with Crippen LogP contribution in [0.15, 0.2) is 9.59 Å². The van der Waals surface area contributed by atoms with Crippen LogP contribution in [0.3, 0.4) is 0 Å². The summed E-state index contributed by atoms with van der Waals surface area (Å²) in [5, 5.41) is 3.09. The molecule has 1 atom stereocenters. The molecule has 0 spiro atoms. The van der Waals surface area contributed by atoms with Crippen molar-refractivity contribution in [1.29, 1.82) is 0 Å². The third kappa shape index (κ3) is 3.65. The first-order valence-electron chi connectivity index (χ1n) is 7.05. The van der Waals surface area contributed by atoms with Gasteiger partial charge in [-0.2, -0.15) is 0 Å². The number of rotatable bonds is 5. The van der Waals surface area contributed by atoms with Crippen LogP contribution in [0.25, 0.3) is 0 Å². The third-order valence-corrected chi connectivity index (χ3v) is 3.75. The van der Waals surface area contributed by atoms with Crippen LogP contribution < -0.4 is 22.3 Å². The average molecular weight is 282 g/mol. The Labute approximate surface area is 119 Å². The Hall–Kier alpha value is -1.72. The van der Waals surface area contributed by atoms with Crippen LogP contribution in [0.2, 0.25) is 0 Å². The van der Waals surface area contributed by atoms with E-state index >= 15 is 0 Å². The summed E-state index contributed by atoms with van der Waals surface area (Å²) in [4.78, 5) is 25.9. The molecule has 114 valence electrons. The lowest BCUT2D eigenvalue weighted by Crippen LogP contribution is -2.35. The third-order valence-electron chi connectivity index (χ3n) is 3.75. The van der Waals surface area contributed by atoms with Gasteiger partial charge in [-0.25, -0.2) is 4.79 Å². The second kappa shape index (κ2) is 6.15. The summed E-state index contributed by atoms with van der Waals surface area (Å²) in [5.41, 5.74) is 5.45. The van der Waals surface area contributed by atoms with Gasteiger partial charge in [-0.05, 0) is 17.8 Å². The molecule has 4 N–H and O–H groups in total. The molecular formula is C14H26N4O2. The average Bonchev–Trinajstić information content (AvgIpc) is 2.32. The molecule has 0 aliphatic rings. The topological polar surface area (TPSA) is 92.9 Å². The number of anilines is 2. The Morgan fingerprint density at radius 3 is 2.45 bits per heavy atom. The Morgan fingerprint density at radius 1 is 1.35 bits per heavy atom. The largest absolute Gasteiger partial charge is 0.383 e. The predicted octanol–water partition coefficient (Wildman–Crippen LogP) is 1.62. The van der Waals surface area contributed by atoms with Gasteiger partial charge in [0.1, 0.15) is 11.5 Å². The fourth-order valence-electron chi connectivity index (χ4n) is 1.77. The van der Waals surface area contributed by atoms with Crippen molar-refractivity contribution in [3.63, 3.8) is 0 Å². The second-order valence-electron chi connectivity index (χ2n) is 6.32. The van der Waals surface area contributed by atoms with E-state index in [1.54, 1.807) is 0 Å². The van der Waals surface area contributed by atoms with E-state index in [0.29, 0.717) is 19.0 Å². The summed E-state index contributed by atoms with van der Waals surface area (Å²) < 4.78 is 1.39. The molecule has 6 nitrogen and oxygen atoms in total. The van der Waals surface area contributed by atoms with Gasteiger partial charge >= 0.3 is 5.69 Å². The molecule has 0 bridgehead atoms. The van der Waals surface area contributed by atoms with E-state index in [9.17, 15) is 9.59 Å². The van der Waals surface area contributed by atoms with Crippen molar-refractivity contribution in [2.45, 2.75) is 47.6 Å². The summed E-state index contributed by atoms with van der Waals surface area (Å²) in [6.07, 6.45) is 0.772. The standard InChI is InChI=1S/C14H26N4O2/c1-6-7-18-11(15)10(12(19)17-13(18)20)16-8-9(2)14(3,4)5/h9,16H,6-8,15H2,1-5H3,(H,17,19,20). The quantitative estimate of drug-likeness (QED) is 0.765. The summed E-state index contributed by atoms with van der Waals surface area (Å²) in [5.74, 6) is 0.564. The van der Waals surface area contributed by atoms with Gasteiger partial charge in [0.25, 0.3) is 5.56 Å². The molecule has 0 amide bonds. The predicted molar refractivity (Wildman–Crippen MR) is 83.1 cm³/mol. The van der Waals surface area contributed by atoms with Gasteiger partial charge in [-0.1, -0.05) is 34.6 Å². The SMILES string of the molecule is CCCn1c(N)c(NCC(C)C(C)(C)C)c(=O)[nH]c1=O. The highest BCUT2D eigenvalue weighted by molar-refractivity contribution is 5.60. The summed E-state index contributed by atoms with van der Waals surface area (Å²) in [6.45, 7) is 11.6. The number of H-pyrrole nitrogens is 1. The molecule has 1 aromatic heterocycles. The zero-order valence-electron chi connectivity index (χ0n) is 13.0. The summed E-state index contributed by atoms with van der Waals surface area (Å²) >= 11 is 0. The van der Waals surface area contributed by atoms with Crippen molar-refractivity contribution >= 4 is 11.5 Å². The maximum absolute atomic E-state index is 11.9. The van der Waals surface area contributed by atoms with Crippen molar-refractivity contribution in [3.8, 4) is 0 Å². The van der Waals surface area contributed by atoms with Gasteiger partial charge in [0.05, 0.1) is 0 Å². The zero-order valence-corrected chi connectivity index (χ0v) is 13.0. The number of hydrogen-bond acceptors (Lipinski definition) is 4. The highest BCUT2D eigenvalue weighted by Crippen LogP contribution is 2.25. The Bertz CT molecular complexity index is 566. The minimum absolute atomic E-state index is 0.131. The molecule has 0 fully saturated rings. The van der Waals surface area contributed by atoms with E-state index in [-0.39, 0.29) is 16.9 Å². The number of nitrogens with zero attached hydrogens (tertiary/aromatic N) is 1. The summed E-state index contributed by atoms with van der Waals surface area (Å²) in [6, 6.07) is 0. The summed E-state index contributed by atoms with van der Waals surface area (Å²) in [7, 11) is 0. The number of aromatic amines is 1. The van der Waals surface area contributed by atoms with E-state index in [2.05, 4.69) is 38.0 Å². The maximum atomic E-state index is 11.9. The minimum atomic E-state index is -0.457. The van der Waals surface area contributed by atoms with Gasteiger partial charge < -0.3 is 11.1 Å². The molecule has 6 heteroatoms. The van der Waals surface area contributed by atoms with Crippen molar-refractivity contribution in [1.82, 2.24) is 9.55 Å². The van der Waals surface area contributed by atoms with E-state index in [0.717, 1.165) is 6.42 Å². The van der Waals surface area contributed by atoms with E-state index in [1.807, 2.05) is 6.92 Å². The Kier molecular flexibility index (Phi) is 5.03. The van der Waals surface area contributed by atoms with Gasteiger partial charge in [0, 0.05) is 13.1 Å². The number of nitrogens with two attached hydrogens (primary N) is 1. The van der Waals surface area contributed by atoms with Crippen LogP contribution in [0, 0.1) is 11.3 Å². The number of nitrogen functional groups attached to an aromatic ring is 1. The molecule has 20 heavy (non-hydrogen) atoms. The normalized spacial score (nSPS) is 13.2. The molecule has 1 heterocycles. The minimum Gasteiger partial charge on any atom is -0.383 e. The fourth-order valence-corrected chi connectivity index (χ4v) is 1.77. The van der Waals surface area contributed by atoms with Gasteiger partial charge in [0.15, 0.2) is 0 Å². The number of aromatic nitrogens is 2.